The Morgan fingerprint density at radius 3 is 2.54 bits per heavy atom. The Bertz CT molecular complexity index is 723. The van der Waals surface area contributed by atoms with Gasteiger partial charge in [0.25, 0.3) is 0 Å². The minimum atomic E-state index is -0.855. The van der Waals surface area contributed by atoms with E-state index in [0.717, 1.165) is 36.5 Å². The number of methoxy groups -OCH3 is 1. The van der Waals surface area contributed by atoms with Gasteiger partial charge < -0.3 is 14.7 Å². The van der Waals surface area contributed by atoms with E-state index in [-0.39, 0.29) is 12.3 Å². The van der Waals surface area contributed by atoms with Crippen LogP contribution in [-0.2, 0) is 16.1 Å². The monoisotopic (exact) mass is 360 g/mol. The third kappa shape index (κ3) is 3.07. The molecular weight excluding hydrogens is 332 g/mol. The maximum Gasteiger partial charge on any atom is 0.309 e. The van der Waals surface area contributed by atoms with Crippen LogP contribution in [0.4, 0.5) is 0 Å². The molecule has 1 aromatic rings. The van der Waals surface area contributed by atoms with Crippen LogP contribution >= 0.6 is 0 Å². The summed E-state index contributed by atoms with van der Waals surface area (Å²) in [6, 6.07) is 4.27. The first-order chi connectivity index (χ1) is 12.3. The van der Waals surface area contributed by atoms with Crippen LogP contribution in [0.25, 0.3) is 0 Å². The summed E-state index contributed by atoms with van der Waals surface area (Å²) in [5.41, 5.74) is 2.96. The molecule has 6 nitrogen and oxygen atoms in total. The number of carboxylic acid groups (broad SMARTS) is 1. The van der Waals surface area contributed by atoms with Gasteiger partial charge in [0, 0.05) is 38.7 Å². The molecule has 1 N–H and O–H groups in total. The van der Waals surface area contributed by atoms with Crippen molar-refractivity contribution in [1.29, 1.82) is 0 Å². The highest BCUT2D eigenvalue weighted by atomic mass is 16.5. The highest BCUT2D eigenvalue weighted by Crippen LogP contribution is 2.43. The minimum Gasteiger partial charge on any atom is -0.496 e. The third-order valence-corrected chi connectivity index (χ3v) is 6.18. The van der Waals surface area contributed by atoms with Gasteiger partial charge in [-0.3, -0.25) is 14.5 Å². The van der Waals surface area contributed by atoms with E-state index in [2.05, 4.69) is 30.9 Å². The number of hydrogen-bond donors (Lipinski definition) is 1. The van der Waals surface area contributed by atoms with E-state index in [9.17, 15) is 14.7 Å². The van der Waals surface area contributed by atoms with Gasteiger partial charge in [0.05, 0.1) is 18.6 Å². The summed E-state index contributed by atoms with van der Waals surface area (Å²) in [4.78, 5) is 27.8. The van der Waals surface area contributed by atoms with E-state index in [4.69, 9.17) is 4.74 Å². The normalized spacial score (nSPS) is 22.8. The van der Waals surface area contributed by atoms with Crippen molar-refractivity contribution >= 4 is 11.9 Å². The number of rotatable bonds is 4. The molecule has 2 heterocycles. The predicted octanol–water partition coefficient (Wildman–Crippen LogP) is 2.21. The van der Waals surface area contributed by atoms with Crippen LogP contribution in [0, 0.1) is 19.8 Å². The number of aryl methyl sites for hydroxylation is 2. The fourth-order valence-corrected chi connectivity index (χ4v) is 4.78. The van der Waals surface area contributed by atoms with E-state index >= 15 is 0 Å². The molecule has 0 bridgehead atoms. The summed E-state index contributed by atoms with van der Waals surface area (Å²) < 4.78 is 5.59. The molecule has 0 aromatic heterocycles. The van der Waals surface area contributed by atoms with Crippen molar-refractivity contribution in [3.63, 3.8) is 0 Å². The molecule has 1 unspecified atom stereocenters. The van der Waals surface area contributed by atoms with Gasteiger partial charge in [-0.15, -0.1) is 0 Å². The molecule has 2 saturated heterocycles. The first-order valence-electron chi connectivity index (χ1n) is 9.14. The lowest BCUT2D eigenvalue weighted by Crippen LogP contribution is -2.55. The van der Waals surface area contributed by atoms with Crippen molar-refractivity contribution in [3.8, 4) is 5.75 Å². The second-order valence-corrected chi connectivity index (χ2v) is 7.70. The highest BCUT2D eigenvalue weighted by molar-refractivity contribution is 5.88. The Kier molecular flexibility index (Phi) is 4.97. The summed E-state index contributed by atoms with van der Waals surface area (Å²) in [5, 5.41) is 9.59. The number of benzene rings is 1. The SMILES string of the molecule is COc1c(C)cc(C)cc1CN1CCC2(CC1)C(C(=O)O)CC(=O)N2C. The molecule has 2 aliphatic heterocycles. The summed E-state index contributed by atoms with van der Waals surface area (Å²) in [7, 11) is 3.46. The Balaban J connectivity index is 1.75. The zero-order valence-electron chi connectivity index (χ0n) is 16.0. The van der Waals surface area contributed by atoms with Crippen LogP contribution in [0.1, 0.15) is 36.0 Å². The number of ether oxygens (including phenoxy) is 1. The number of nitrogens with zero attached hydrogens (tertiary/aromatic N) is 2. The molecular formula is C20H28N2O4. The van der Waals surface area contributed by atoms with Crippen molar-refractivity contribution in [2.24, 2.45) is 5.92 Å². The highest BCUT2D eigenvalue weighted by Gasteiger charge is 2.55. The van der Waals surface area contributed by atoms with Crippen molar-refractivity contribution in [1.82, 2.24) is 9.80 Å². The average Bonchev–Trinajstić information content (AvgIpc) is 2.82. The zero-order chi connectivity index (χ0) is 19.1. The molecule has 1 spiro atoms. The lowest BCUT2D eigenvalue weighted by molar-refractivity contribution is -0.146. The van der Waals surface area contributed by atoms with E-state index < -0.39 is 17.4 Å². The van der Waals surface area contributed by atoms with Gasteiger partial charge >= 0.3 is 5.97 Å². The maximum absolute atomic E-state index is 12.1. The first-order valence-corrected chi connectivity index (χ1v) is 9.14. The van der Waals surface area contributed by atoms with Crippen molar-refractivity contribution < 1.29 is 19.4 Å². The molecule has 1 aromatic carbocycles. The maximum atomic E-state index is 12.1. The number of likely N-dealkylation sites (tertiary alicyclic amines) is 2. The van der Waals surface area contributed by atoms with E-state index in [1.807, 2.05) is 0 Å². The molecule has 2 fully saturated rings. The Morgan fingerprint density at radius 2 is 1.96 bits per heavy atom. The van der Waals surface area contributed by atoms with Crippen LogP contribution in [-0.4, -0.2) is 59.6 Å². The number of hydrogen-bond acceptors (Lipinski definition) is 4. The number of carboxylic acids is 1. The lowest BCUT2D eigenvalue weighted by atomic mass is 9.77. The number of piperidine rings is 1. The fourth-order valence-electron chi connectivity index (χ4n) is 4.78. The average molecular weight is 360 g/mol. The summed E-state index contributed by atoms with van der Waals surface area (Å²) in [5.74, 6) is -0.584. The smallest absolute Gasteiger partial charge is 0.309 e. The van der Waals surface area contributed by atoms with E-state index in [1.54, 1.807) is 19.1 Å². The number of aliphatic carboxylic acids is 1. The molecule has 6 heteroatoms. The van der Waals surface area contributed by atoms with Crippen LogP contribution in [0.15, 0.2) is 12.1 Å². The summed E-state index contributed by atoms with van der Waals surface area (Å²) in [6.45, 7) is 6.46. The van der Waals surface area contributed by atoms with Crippen molar-refractivity contribution in [2.75, 3.05) is 27.2 Å². The summed E-state index contributed by atoms with van der Waals surface area (Å²) >= 11 is 0. The number of amides is 1. The van der Waals surface area contributed by atoms with Gasteiger partial charge in [0.1, 0.15) is 5.75 Å². The molecule has 0 radical (unpaired) electrons. The van der Waals surface area contributed by atoms with Crippen molar-refractivity contribution in [3.05, 3.63) is 28.8 Å². The molecule has 26 heavy (non-hydrogen) atoms. The summed E-state index contributed by atoms with van der Waals surface area (Å²) in [6.07, 6.45) is 1.51. The van der Waals surface area contributed by atoms with Gasteiger partial charge in [-0.25, -0.2) is 0 Å². The Hall–Kier alpha value is -2.08. The van der Waals surface area contributed by atoms with Gasteiger partial charge in [-0.2, -0.15) is 0 Å². The topological polar surface area (TPSA) is 70.1 Å². The number of carbonyl (C=O) groups excluding carboxylic acids is 1. The Labute approximate surface area is 154 Å². The van der Waals surface area contributed by atoms with E-state index in [1.165, 1.54) is 5.56 Å². The van der Waals surface area contributed by atoms with Gasteiger partial charge in [0.15, 0.2) is 0 Å². The van der Waals surface area contributed by atoms with Gasteiger partial charge in [-0.1, -0.05) is 17.7 Å². The van der Waals surface area contributed by atoms with Crippen molar-refractivity contribution in [2.45, 2.75) is 45.2 Å². The largest absolute Gasteiger partial charge is 0.496 e. The van der Waals surface area contributed by atoms with Crippen LogP contribution < -0.4 is 4.74 Å². The van der Waals surface area contributed by atoms with Gasteiger partial charge in [0.2, 0.25) is 5.91 Å². The zero-order valence-corrected chi connectivity index (χ0v) is 16.0. The minimum absolute atomic E-state index is 0.0539. The Morgan fingerprint density at radius 1 is 1.31 bits per heavy atom. The second kappa shape index (κ2) is 6.91. The number of carbonyl (C=O) groups is 2. The molecule has 1 amide bonds. The van der Waals surface area contributed by atoms with Crippen LogP contribution in [0.2, 0.25) is 0 Å². The fraction of sp³-hybridized carbons (Fsp3) is 0.600. The standard InChI is InChI=1S/C20H28N2O4/c1-13-9-14(2)18(26-4)15(10-13)12-22-7-5-20(6-8-22)16(19(24)25)11-17(23)21(20)3/h9-10,16H,5-8,11-12H2,1-4H3,(H,24,25). The lowest BCUT2D eigenvalue weighted by Gasteiger charge is -2.45. The molecule has 0 aliphatic carbocycles. The van der Waals surface area contributed by atoms with Gasteiger partial charge in [-0.05, 0) is 32.3 Å². The molecule has 3 rings (SSSR count). The molecule has 0 saturated carbocycles. The first kappa shape index (κ1) is 18.7. The predicted molar refractivity (Wildman–Crippen MR) is 98.2 cm³/mol. The quantitative estimate of drug-likeness (QED) is 0.891. The second-order valence-electron chi connectivity index (χ2n) is 7.70. The molecule has 142 valence electrons. The van der Waals surface area contributed by atoms with Crippen LogP contribution in [0.3, 0.4) is 0 Å². The molecule has 1 atom stereocenters. The molecule has 2 aliphatic rings. The third-order valence-electron chi connectivity index (χ3n) is 6.18. The van der Waals surface area contributed by atoms with E-state index in [0.29, 0.717) is 12.8 Å². The van der Waals surface area contributed by atoms with Crippen LogP contribution in [0.5, 0.6) is 5.75 Å².